The minimum atomic E-state index is 0.0516. The fourth-order valence-electron chi connectivity index (χ4n) is 5.00. The van der Waals surface area contributed by atoms with Crippen molar-refractivity contribution in [2.45, 2.75) is 32.7 Å². The maximum atomic E-state index is 12.4. The van der Waals surface area contributed by atoms with Crippen LogP contribution in [0.3, 0.4) is 0 Å². The Morgan fingerprint density at radius 3 is 3.19 bits per heavy atom. The Morgan fingerprint density at radius 2 is 2.43 bits per heavy atom. The quantitative estimate of drug-likeness (QED) is 0.905. The van der Waals surface area contributed by atoms with Gasteiger partial charge in [-0.05, 0) is 54.6 Å². The van der Waals surface area contributed by atoms with Crippen molar-refractivity contribution < 1.29 is 4.79 Å². The molecule has 2 bridgehead atoms. The third-order valence-electron chi connectivity index (χ3n) is 6.11. The van der Waals surface area contributed by atoms with Gasteiger partial charge in [-0.15, -0.1) is 0 Å². The third kappa shape index (κ3) is 2.01. The van der Waals surface area contributed by atoms with Gasteiger partial charge >= 0.3 is 6.03 Å². The number of hydrogen-bond acceptors (Lipinski definition) is 3. The van der Waals surface area contributed by atoms with Gasteiger partial charge in [0.25, 0.3) is 0 Å². The molecule has 1 aromatic heterocycles. The van der Waals surface area contributed by atoms with E-state index in [9.17, 15) is 4.79 Å². The first kappa shape index (κ1) is 13.0. The molecule has 2 aliphatic carbocycles. The molecule has 1 saturated heterocycles. The van der Waals surface area contributed by atoms with Crippen molar-refractivity contribution in [1.29, 1.82) is 0 Å². The number of likely N-dealkylation sites (tertiary alicyclic amines) is 1. The van der Waals surface area contributed by atoms with Gasteiger partial charge in [0, 0.05) is 19.3 Å². The number of aromatic nitrogens is 2. The van der Waals surface area contributed by atoms with Gasteiger partial charge < -0.3 is 10.2 Å². The number of urea groups is 1. The molecule has 1 aliphatic heterocycles. The van der Waals surface area contributed by atoms with Crippen LogP contribution < -0.4 is 5.32 Å². The van der Waals surface area contributed by atoms with Gasteiger partial charge in [-0.1, -0.05) is 6.92 Å². The van der Waals surface area contributed by atoms with E-state index in [-0.39, 0.29) is 6.03 Å². The molecule has 3 aliphatic rings. The van der Waals surface area contributed by atoms with Crippen molar-refractivity contribution in [1.82, 2.24) is 20.4 Å². The summed E-state index contributed by atoms with van der Waals surface area (Å²) in [6.07, 6.45) is 5.78. The number of nitrogens with one attached hydrogen (secondary N) is 1. The highest BCUT2D eigenvalue weighted by molar-refractivity contribution is 5.74. The van der Waals surface area contributed by atoms with Crippen LogP contribution in [0, 0.1) is 23.2 Å². The van der Waals surface area contributed by atoms with Crippen molar-refractivity contribution in [2.24, 2.45) is 23.2 Å². The molecule has 4 rings (SSSR count). The van der Waals surface area contributed by atoms with Crippen LogP contribution in [0.5, 0.6) is 0 Å². The molecule has 1 aromatic rings. The minimum absolute atomic E-state index is 0.0516. The molecule has 0 aromatic carbocycles. The largest absolute Gasteiger partial charge is 0.332 e. The van der Waals surface area contributed by atoms with Crippen LogP contribution in [-0.4, -0.2) is 34.2 Å². The van der Waals surface area contributed by atoms with E-state index in [4.69, 9.17) is 0 Å². The second-order valence-corrected chi connectivity index (χ2v) is 7.14. The predicted molar refractivity (Wildman–Crippen MR) is 78.3 cm³/mol. The molecular formula is C16H22N4O. The average Bonchev–Trinajstić information content (AvgIpc) is 3.16. The van der Waals surface area contributed by atoms with Gasteiger partial charge in [0.15, 0.2) is 0 Å². The van der Waals surface area contributed by atoms with Gasteiger partial charge in [-0.2, -0.15) is 10.2 Å². The highest BCUT2D eigenvalue weighted by Crippen LogP contribution is 2.62. The molecule has 1 N–H and O–H groups in total. The van der Waals surface area contributed by atoms with Crippen LogP contribution in [-0.2, 0) is 6.54 Å². The van der Waals surface area contributed by atoms with Crippen LogP contribution in [0.25, 0.3) is 0 Å². The van der Waals surface area contributed by atoms with Crippen LogP contribution in [0.1, 0.15) is 31.9 Å². The average molecular weight is 286 g/mol. The van der Waals surface area contributed by atoms with Crippen LogP contribution in [0.4, 0.5) is 4.79 Å². The Kier molecular flexibility index (Phi) is 2.91. The summed E-state index contributed by atoms with van der Waals surface area (Å²) in [6.45, 7) is 4.71. The molecular weight excluding hydrogens is 264 g/mol. The smallest absolute Gasteiger partial charge is 0.317 e. The molecule has 2 heterocycles. The van der Waals surface area contributed by atoms with E-state index >= 15 is 0 Å². The molecule has 4 atom stereocenters. The monoisotopic (exact) mass is 286 g/mol. The lowest BCUT2D eigenvalue weighted by molar-refractivity contribution is 0.151. The Bertz CT molecular complexity index is 548. The number of fused-ring (bicyclic) bond motifs is 5. The van der Waals surface area contributed by atoms with E-state index in [0.29, 0.717) is 12.0 Å². The van der Waals surface area contributed by atoms with E-state index in [1.165, 1.54) is 19.3 Å². The summed E-state index contributed by atoms with van der Waals surface area (Å²) in [5.41, 5.74) is 1.17. The first-order chi connectivity index (χ1) is 10.2. The van der Waals surface area contributed by atoms with E-state index in [1.54, 1.807) is 6.20 Å². The number of hydrogen-bond donors (Lipinski definition) is 1. The van der Waals surface area contributed by atoms with Crippen molar-refractivity contribution in [3.05, 3.63) is 24.0 Å². The van der Waals surface area contributed by atoms with Crippen molar-refractivity contribution in [2.75, 3.05) is 13.1 Å². The maximum Gasteiger partial charge on any atom is 0.317 e. The van der Waals surface area contributed by atoms with Gasteiger partial charge in [0.1, 0.15) is 0 Å². The predicted octanol–water partition coefficient (Wildman–Crippen LogP) is 2.05. The summed E-state index contributed by atoms with van der Waals surface area (Å²) < 4.78 is 0. The molecule has 2 saturated carbocycles. The van der Waals surface area contributed by atoms with Gasteiger partial charge in [0.2, 0.25) is 0 Å². The molecule has 0 radical (unpaired) electrons. The summed E-state index contributed by atoms with van der Waals surface area (Å²) in [4.78, 5) is 14.4. The van der Waals surface area contributed by atoms with E-state index in [1.807, 2.05) is 17.0 Å². The third-order valence-corrected chi connectivity index (χ3v) is 6.11. The second-order valence-electron chi connectivity index (χ2n) is 7.14. The Hall–Kier alpha value is -1.65. The summed E-state index contributed by atoms with van der Waals surface area (Å²) in [7, 11) is 0. The molecule has 0 spiro atoms. The Balaban J connectivity index is 1.39. The van der Waals surface area contributed by atoms with Crippen molar-refractivity contribution >= 4 is 6.03 Å². The number of carbonyl (C=O) groups excluding carboxylic acids is 1. The Labute approximate surface area is 125 Å². The Morgan fingerprint density at radius 1 is 1.52 bits per heavy atom. The van der Waals surface area contributed by atoms with E-state index in [2.05, 4.69) is 22.4 Å². The van der Waals surface area contributed by atoms with Crippen LogP contribution >= 0.6 is 0 Å². The lowest BCUT2D eigenvalue weighted by atomic mass is 9.70. The number of rotatable bonds is 2. The zero-order valence-corrected chi connectivity index (χ0v) is 12.5. The molecule has 2 unspecified atom stereocenters. The van der Waals surface area contributed by atoms with Gasteiger partial charge in [-0.25, -0.2) is 4.79 Å². The summed E-state index contributed by atoms with van der Waals surface area (Å²) >= 11 is 0. The fourth-order valence-corrected chi connectivity index (χ4v) is 5.00. The van der Waals surface area contributed by atoms with E-state index in [0.717, 1.165) is 36.5 Å². The first-order valence-electron chi connectivity index (χ1n) is 7.96. The molecule has 5 heteroatoms. The zero-order chi connectivity index (χ0) is 14.4. The maximum absolute atomic E-state index is 12.4. The summed E-state index contributed by atoms with van der Waals surface area (Å²) in [5, 5.41) is 10.8. The van der Waals surface area contributed by atoms with Crippen LogP contribution in [0.15, 0.2) is 18.3 Å². The zero-order valence-electron chi connectivity index (χ0n) is 12.5. The topological polar surface area (TPSA) is 58.1 Å². The SMILES string of the molecule is CC12CN(C(=O)NCc3cccnn3)CC1[C@@H]1CC[C@H]2C1. The van der Waals surface area contributed by atoms with Gasteiger partial charge in [-0.3, -0.25) is 0 Å². The number of amides is 2. The highest BCUT2D eigenvalue weighted by atomic mass is 16.2. The van der Waals surface area contributed by atoms with Crippen molar-refractivity contribution in [3.8, 4) is 0 Å². The lowest BCUT2D eigenvalue weighted by Crippen LogP contribution is -2.40. The van der Waals surface area contributed by atoms with Crippen molar-refractivity contribution in [3.63, 3.8) is 0 Å². The second kappa shape index (κ2) is 4.68. The highest BCUT2D eigenvalue weighted by Gasteiger charge is 2.59. The molecule has 21 heavy (non-hydrogen) atoms. The van der Waals surface area contributed by atoms with Gasteiger partial charge in [0.05, 0.1) is 12.2 Å². The molecule has 2 amide bonds. The molecule has 5 nitrogen and oxygen atoms in total. The number of carbonyl (C=O) groups is 1. The fraction of sp³-hybridized carbons (Fsp3) is 0.688. The molecule has 3 fully saturated rings. The van der Waals surface area contributed by atoms with E-state index < -0.39 is 0 Å². The lowest BCUT2D eigenvalue weighted by Gasteiger charge is -2.34. The minimum Gasteiger partial charge on any atom is -0.332 e. The summed E-state index contributed by atoms with van der Waals surface area (Å²) in [5.74, 6) is 2.42. The molecule has 112 valence electrons. The van der Waals surface area contributed by atoms with Crippen LogP contribution in [0.2, 0.25) is 0 Å². The standard InChI is InChI=1S/C16H22N4O/c1-16-10-20(9-14(16)11-4-5-12(16)7-11)15(21)17-8-13-3-2-6-18-19-13/h2-3,6,11-12,14H,4-5,7-10H2,1H3,(H,17,21)/t11-,12+,14?,16?/m1/s1. The first-order valence-corrected chi connectivity index (χ1v) is 7.96. The normalized spacial score (nSPS) is 36.8. The number of nitrogens with zero attached hydrogens (tertiary/aromatic N) is 3. The summed E-state index contributed by atoms with van der Waals surface area (Å²) in [6, 6.07) is 3.77.